The molecule has 31 heavy (non-hydrogen) atoms. The fourth-order valence-corrected chi connectivity index (χ4v) is 4.42. The van der Waals surface area contributed by atoms with E-state index >= 15 is 0 Å². The van der Waals surface area contributed by atoms with Gasteiger partial charge >= 0.3 is 0 Å². The standard InChI is InChI=1S/C27H17ClN2O/c28-20-12-9-18(10-13-20)24-15-19-6-2-3-7-21(19)25-16-23(29-30(24)25)27-22-8-4-1-5-17(22)11-14-26(27)31/h1-16,31H. The van der Waals surface area contributed by atoms with E-state index in [1.165, 1.54) is 0 Å². The van der Waals surface area contributed by atoms with Gasteiger partial charge in [-0.05, 0) is 46.5 Å². The molecule has 6 aromatic rings. The van der Waals surface area contributed by atoms with E-state index in [1.807, 2.05) is 71.2 Å². The number of aromatic hydroxyl groups is 1. The molecule has 0 atom stereocenters. The van der Waals surface area contributed by atoms with E-state index in [-0.39, 0.29) is 5.75 Å². The maximum atomic E-state index is 10.8. The minimum Gasteiger partial charge on any atom is -0.507 e. The maximum Gasteiger partial charge on any atom is 0.125 e. The minimum absolute atomic E-state index is 0.222. The number of pyridine rings is 1. The van der Waals surface area contributed by atoms with Crippen molar-refractivity contribution in [2.24, 2.45) is 0 Å². The fourth-order valence-electron chi connectivity index (χ4n) is 4.30. The summed E-state index contributed by atoms with van der Waals surface area (Å²) >= 11 is 6.12. The highest BCUT2D eigenvalue weighted by molar-refractivity contribution is 6.30. The molecular weight excluding hydrogens is 404 g/mol. The molecule has 0 spiro atoms. The molecule has 0 saturated heterocycles. The van der Waals surface area contributed by atoms with Gasteiger partial charge in [0.05, 0.1) is 22.5 Å². The lowest BCUT2D eigenvalue weighted by Gasteiger charge is -2.09. The number of hydrogen-bond donors (Lipinski definition) is 1. The molecule has 2 aromatic heterocycles. The van der Waals surface area contributed by atoms with E-state index < -0.39 is 0 Å². The highest BCUT2D eigenvalue weighted by Gasteiger charge is 2.17. The highest BCUT2D eigenvalue weighted by atomic mass is 35.5. The Labute approximate surface area is 183 Å². The summed E-state index contributed by atoms with van der Waals surface area (Å²) in [5.74, 6) is 0.222. The van der Waals surface area contributed by atoms with E-state index in [0.29, 0.717) is 5.02 Å². The predicted molar refractivity (Wildman–Crippen MR) is 128 cm³/mol. The number of nitrogens with zero attached hydrogens (tertiary/aromatic N) is 2. The van der Waals surface area contributed by atoms with Crippen molar-refractivity contribution in [1.82, 2.24) is 9.61 Å². The molecule has 0 fully saturated rings. The van der Waals surface area contributed by atoms with Gasteiger partial charge in [0, 0.05) is 16.0 Å². The van der Waals surface area contributed by atoms with Gasteiger partial charge < -0.3 is 5.11 Å². The molecule has 0 radical (unpaired) electrons. The molecule has 0 aliphatic heterocycles. The third kappa shape index (κ3) is 2.86. The van der Waals surface area contributed by atoms with Crippen LogP contribution in [0.3, 0.4) is 0 Å². The molecule has 3 nitrogen and oxygen atoms in total. The van der Waals surface area contributed by atoms with E-state index in [9.17, 15) is 5.11 Å². The first-order valence-corrected chi connectivity index (χ1v) is 10.5. The van der Waals surface area contributed by atoms with Crippen LogP contribution < -0.4 is 0 Å². The van der Waals surface area contributed by atoms with E-state index in [1.54, 1.807) is 6.07 Å². The molecule has 2 heterocycles. The van der Waals surface area contributed by atoms with Gasteiger partial charge in [0.15, 0.2) is 0 Å². The van der Waals surface area contributed by atoms with Crippen LogP contribution in [0.2, 0.25) is 5.02 Å². The van der Waals surface area contributed by atoms with Gasteiger partial charge in [0.2, 0.25) is 0 Å². The van der Waals surface area contributed by atoms with Crippen LogP contribution in [0.4, 0.5) is 0 Å². The van der Waals surface area contributed by atoms with Crippen molar-refractivity contribution in [2.75, 3.05) is 0 Å². The molecule has 0 unspecified atom stereocenters. The summed E-state index contributed by atoms with van der Waals surface area (Å²) in [6.45, 7) is 0. The average molecular weight is 421 g/mol. The molecule has 0 aliphatic rings. The highest BCUT2D eigenvalue weighted by Crippen LogP contribution is 2.38. The van der Waals surface area contributed by atoms with Crippen LogP contribution in [0.5, 0.6) is 5.75 Å². The largest absolute Gasteiger partial charge is 0.507 e. The number of benzene rings is 4. The number of halogens is 1. The smallest absolute Gasteiger partial charge is 0.125 e. The molecule has 6 rings (SSSR count). The van der Waals surface area contributed by atoms with Crippen LogP contribution in [0.1, 0.15) is 0 Å². The van der Waals surface area contributed by atoms with E-state index in [2.05, 4.69) is 24.3 Å². The first kappa shape index (κ1) is 18.0. The summed E-state index contributed by atoms with van der Waals surface area (Å²) < 4.78 is 1.96. The Morgan fingerprint density at radius 2 is 1.42 bits per heavy atom. The van der Waals surface area contributed by atoms with Crippen molar-refractivity contribution in [3.05, 3.63) is 102 Å². The number of phenols is 1. The van der Waals surface area contributed by atoms with Crippen molar-refractivity contribution >= 4 is 38.7 Å². The first-order chi connectivity index (χ1) is 15.2. The number of phenolic OH excluding ortho intramolecular Hbond substituents is 1. The third-order valence-electron chi connectivity index (χ3n) is 5.77. The molecule has 4 heteroatoms. The summed E-state index contributed by atoms with van der Waals surface area (Å²) in [5.41, 5.74) is 4.47. The van der Waals surface area contributed by atoms with Crippen molar-refractivity contribution in [3.8, 4) is 28.3 Å². The van der Waals surface area contributed by atoms with Crippen molar-refractivity contribution in [2.45, 2.75) is 0 Å². The van der Waals surface area contributed by atoms with Gasteiger partial charge in [-0.3, -0.25) is 0 Å². The van der Waals surface area contributed by atoms with Crippen LogP contribution in [-0.4, -0.2) is 14.7 Å². The van der Waals surface area contributed by atoms with Gasteiger partial charge in [-0.15, -0.1) is 0 Å². The third-order valence-corrected chi connectivity index (χ3v) is 6.02. The monoisotopic (exact) mass is 420 g/mol. The molecule has 0 bridgehead atoms. The average Bonchev–Trinajstić information content (AvgIpc) is 3.24. The van der Waals surface area contributed by atoms with Crippen LogP contribution in [0.15, 0.2) is 97.1 Å². The van der Waals surface area contributed by atoms with Gasteiger partial charge in [0.25, 0.3) is 0 Å². The summed E-state index contributed by atoms with van der Waals surface area (Å²) in [5, 5.41) is 20.7. The first-order valence-electron chi connectivity index (χ1n) is 10.1. The van der Waals surface area contributed by atoms with Crippen LogP contribution in [0.25, 0.3) is 49.6 Å². The molecule has 4 aromatic carbocycles. The number of hydrogen-bond acceptors (Lipinski definition) is 2. The Kier molecular flexibility index (Phi) is 3.98. The topological polar surface area (TPSA) is 37.5 Å². The molecular formula is C27H17ClN2O. The summed E-state index contributed by atoms with van der Waals surface area (Å²) in [4.78, 5) is 0. The van der Waals surface area contributed by atoms with Gasteiger partial charge in [-0.2, -0.15) is 5.10 Å². The van der Waals surface area contributed by atoms with Crippen LogP contribution in [0, 0.1) is 0 Å². The van der Waals surface area contributed by atoms with Gasteiger partial charge in [-0.1, -0.05) is 78.3 Å². The summed E-state index contributed by atoms with van der Waals surface area (Å²) in [6, 6.07) is 32.0. The molecule has 1 N–H and O–H groups in total. The Bertz CT molecular complexity index is 1600. The number of rotatable bonds is 2. The molecule has 0 amide bonds. The zero-order chi connectivity index (χ0) is 20.9. The zero-order valence-corrected chi connectivity index (χ0v) is 17.2. The Morgan fingerprint density at radius 3 is 2.23 bits per heavy atom. The quantitative estimate of drug-likeness (QED) is 0.318. The Hall–Kier alpha value is -3.82. The van der Waals surface area contributed by atoms with E-state index in [4.69, 9.17) is 16.7 Å². The summed E-state index contributed by atoms with van der Waals surface area (Å²) in [6.07, 6.45) is 0. The van der Waals surface area contributed by atoms with Gasteiger partial charge in [0.1, 0.15) is 5.75 Å². The Balaban J connectivity index is 1.71. The van der Waals surface area contributed by atoms with E-state index in [0.717, 1.165) is 49.6 Å². The lowest BCUT2D eigenvalue weighted by atomic mass is 10.0. The van der Waals surface area contributed by atoms with Crippen molar-refractivity contribution in [1.29, 1.82) is 0 Å². The summed E-state index contributed by atoms with van der Waals surface area (Å²) in [7, 11) is 0. The second-order valence-electron chi connectivity index (χ2n) is 7.63. The van der Waals surface area contributed by atoms with Crippen molar-refractivity contribution in [3.63, 3.8) is 0 Å². The molecule has 148 valence electrons. The maximum absolute atomic E-state index is 10.8. The normalized spacial score (nSPS) is 11.5. The lowest BCUT2D eigenvalue weighted by molar-refractivity contribution is 0.478. The second-order valence-corrected chi connectivity index (χ2v) is 8.07. The minimum atomic E-state index is 0.222. The van der Waals surface area contributed by atoms with Crippen molar-refractivity contribution < 1.29 is 5.11 Å². The predicted octanol–water partition coefficient (Wildman–Crippen LogP) is 7.33. The van der Waals surface area contributed by atoms with Crippen LogP contribution >= 0.6 is 11.6 Å². The molecule has 0 saturated carbocycles. The Morgan fingerprint density at radius 1 is 0.710 bits per heavy atom. The fraction of sp³-hybridized carbons (Fsp3) is 0. The second kappa shape index (κ2) is 6.86. The van der Waals surface area contributed by atoms with Crippen LogP contribution in [-0.2, 0) is 0 Å². The number of fused-ring (bicyclic) bond motifs is 4. The number of aromatic nitrogens is 2. The molecule has 0 aliphatic carbocycles. The zero-order valence-electron chi connectivity index (χ0n) is 16.5. The lowest BCUT2D eigenvalue weighted by Crippen LogP contribution is -1.95. The SMILES string of the molecule is Oc1ccc2ccccc2c1-c1cc2c3ccccc3cc(-c3ccc(Cl)cc3)n2n1. The van der Waals surface area contributed by atoms with Gasteiger partial charge in [-0.25, -0.2) is 4.52 Å².